The number of ether oxygens (including phenoxy) is 1. The van der Waals surface area contributed by atoms with Crippen molar-refractivity contribution in [2.24, 2.45) is 0 Å². The van der Waals surface area contributed by atoms with Crippen LogP contribution in [0.2, 0.25) is 5.02 Å². The molecule has 148 valence electrons. The van der Waals surface area contributed by atoms with Crippen LogP contribution in [-0.2, 0) is 27.9 Å². The molecule has 0 aliphatic carbocycles. The maximum atomic E-state index is 13.0. The molecule has 5 nitrogen and oxygen atoms in total. The summed E-state index contributed by atoms with van der Waals surface area (Å²) in [6.45, 7) is 4.13. The minimum absolute atomic E-state index is 0.0191. The SMILES string of the molecule is CC(C)OCc1c(C(=O)Nc2cc(CS(C)=O)ccc2Cl)oc2ccccc12. The smallest absolute Gasteiger partial charge is 0.291 e. The quantitative estimate of drug-likeness (QED) is 0.575. The van der Waals surface area contributed by atoms with Crippen LogP contribution in [0.4, 0.5) is 5.69 Å². The molecule has 1 amide bonds. The first-order valence-electron chi connectivity index (χ1n) is 8.87. The van der Waals surface area contributed by atoms with E-state index in [1.807, 2.05) is 38.1 Å². The highest BCUT2D eigenvalue weighted by Crippen LogP contribution is 2.29. The van der Waals surface area contributed by atoms with Crippen LogP contribution < -0.4 is 5.32 Å². The molecule has 1 aromatic heterocycles. The summed E-state index contributed by atoms with van der Waals surface area (Å²) >= 11 is 6.24. The molecule has 28 heavy (non-hydrogen) atoms. The number of hydrogen-bond donors (Lipinski definition) is 1. The second-order valence-corrected chi connectivity index (χ2v) is 8.59. The van der Waals surface area contributed by atoms with Crippen molar-refractivity contribution in [2.45, 2.75) is 32.3 Å². The van der Waals surface area contributed by atoms with Crippen molar-refractivity contribution in [3.05, 3.63) is 64.4 Å². The van der Waals surface area contributed by atoms with Gasteiger partial charge in [-0.2, -0.15) is 0 Å². The van der Waals surface area contributed by atoms with Crippen LogP contribution in [0.3, 0.4) is 0 Å². The molecule has 0 saturated heterocycles. The third-order valence-electron chi connectivity index (χ3n) is 4.11. The number of nitrogens with one attached hydrogen (secondary N) is 1. The zero-order valence-corrected chi connectivity index (χ0v) is 17.5. The average Bonchev–Trinajstić information content (AvgIpc) is 3.01. The van der Waals surface area contributed by atoms with E-state index in [9.17, 15) is 9.00 Å². The number of benzene rings is 2. The van der Waals surface area contributed by atoms with Crippen molar-refractivity contribution in [3.8, 4) is 0 Å². The molecule has 0 fully saturated rings. The fourth-order valence-corrected chi connectivity index (χ4v) is 3.66. The summed E-state index contributed by atoms with van der Waals surface area (Å²) in [6.07, 6.45) is 1.65. The average molecular weight is 420 g/mol. The van der Waals surface area contributed by atoms with Crippen LogP contribution in [0.25, 0.3) is 11.0 Å². The number of halogens is 1. The molecule has 0 spiro atoms. The van der Waals surface area contributed by atoms with Crippen LogP contribution in [0.5, 0.6) is 0 Å². The molecular formula is C21H22ClNO4S. The molecule has 3 rings (SSSR count). The molecule has 1 atom stereocenters. The number of carbonyl (C=O) groups excluding carboxylic acids is 1. The molecule has 0 saturated carbocycles. The number of rotatable bonds is 7. The van der Waals surface area contributed by atoms with E-state index in [1.165, 1.54) is 0 Å². The minimum atomic E-state index is -0.992. The topological polar surface area (TPSA) is 68.5 Å². The van der Waals surface area contributed by atoms with Crippen LogP contribution in [0.15, 0.2) is 46.9 Å². The number of carbonyl (C=O) groups is 1. The third-order valence-corrected chi connectivity index (χ3v) is 5.18. The van der Waals surface area contributed by atoms with E-state index in [0.29, 0.717) is 27.6 Å². The van der Waals surface area contributed by atoms with Crippen LogP contribution in [0.1, 0.15) is 35.5 Å². The first-order chi connectivity index (χ1) is 13.3. The predicted octanol–water partition coefficient (Wildman–Crippen LogP) is 5.14. The Labute approximate surface area is 171 Å². The van der Waals surface area contributed by atoms with E-state index in [4.69, 9.17) is 20.8 Å². The van der Waals surface area contributed by atoms with E-state index < -0.39 is 16.7 Å². The Morgan fingerprint density at radius 2 is 2.00 bits per heavy atom. The molecule has 1 N–H and O–H groups in total. The van der Waals surface area contributed by atoms with Crippen molar-refractivity contribution in [1.82, 2.24) is 0 Å². The van der Waals surface area contributed by atoms with Gasteiger partial charge in [0.2, 0.25) is 0 Å². The first-order valence-corrected chi connectivity index (χ1v) is 11.0. The van der Waals surface area contributed by atoms with Gasteiger partial charge in [-0.05, 0) is 37.6 Å². The zero-order valence-electron chi connectivity index (χ0n) is 16.0. The van der Waals surface area contributed by atoms with Gasteiger partial charge < -0.3 is 14.5 Å². The lowest BCUT2D eigenvalue weighted by Gasteiger charge is -2.10. The molecule has 3 aromatic rings. The molecule has 0 aliphatic rings. The highest BCUT2D eigenvalue weighted by atomic mass is 35.5. The Morgan fingerprint density at radius 3 is 2.71 bits per heavy atom. The normalized spacial score (nSPS) is 12.5. The van der Waals surface area contributed by atoms with Gasteiger partial charge in [-0.1, -0.05) is 35.9 Å². The lowest BCUT2D eigenvalue weighted by Crippen LogP contribution is -2.14. The van der Waals surface area contributed by atoms with Crippen LogP contribution in [-0.4, -0.2) is 22.5 Å². The van der Waals surface area contributed by atoms with Gasteiger partial charge in [0, 0.05) is 33.8 Å². The first kappa shape index (κ1) is 20.6. The Kier molecular flexibility index (Phi) is 6.54. The van der Waals surface area contributed by atoms with Gasteiger partial charge >= 0.3 is 0 Å². The van der Waals surface area contributed by atoms with Gasteiger partial charge in [0.15, 0.2) is 5.76 Å². The lowest BCUT2D eigenvalue weighted by molar-refractivity contribution is 0.0648. The fourth-order valence-electron chi connectivity index (χ4n) is 2.85. The van der Waals surface area contributed by atoms with E-state index in [0.717, 1.165) is 10.9 Å². The number of furan rings is 1. The molecular weight excluding hydrogens is 398 g/mol. The second kappa shape index (κ2) is 8.90. The fraction of sp³-hybridized carbons (Fsp3) is 0.286. The van der Waals surface area contributed by atoms with Crippen LogP contribution >= 0.6 is 11.6 Å². The Balaban J connectivity index is 1.93. The Bertz CT molecular complexity index is 1030. The van der Waals surface area contributed by atoms with E-state index in [-0.39, 0.29) is 18.5 Å². The zero-order chi connectivity index (χ0) is 20.3. The van der Waals surface area contributed by atoms with E-state index in [2.05, 4.69) is 5.32 Å². The lowest BCUT2D eigenvalue weighted by atomic mass is 10.1. The van der Waals surface area contributed by atoms with Gasteiger partial charge in [0.25, 0.3) is 5.91 Å². The van der Waals surface area contributed by atoms with E-state index >= 15 is 0 Å². The highest BCUT2D eigenvalue weighted by Gasteiger charge is 2.22. The maximum absolute atomic E-state index is 13.0. The minimum Gasteiger partial charge on any atom is -0.451 e. The van der Waals surface area contributed by atoms with Crippen LogP contribution in [0, 0.1) is 0 Å². The second-order valence-electron chi connectivity index (χ2n) is 6.75. The molecule has 1 heterocycles. The summed E-state index contributed by atoms with van der Waals surface area (Å²) in [7, 11) is -0.992. The van der Waals surface area contributed by atoms with Crippen molar-refractivity contribution in [3.63, 3.8) is 0 Å². The maximum Gasteiger partial charge on any atom is 0.291 e. The summed E-state index contributed by atoms with van der Waals surface area (Å²) < 4.78 is 23.0. The largest absolute Gasteiger partial charge is 0.451 e. The van der Waals surface area contributed by atoms with Gasteiger partial charge in [-0.3, -0.25) is 9.00 Å². The number of amides is 1. The summed E-state index contributed by atoms with van der Waals surface area (Å²) in [6, 6.07) is 12.7. The Hall–Kier alpha value is -2.15. The molecule has 1 unspecified atom stereocenters. The standard InChI is InChI=1S/C21H22ClNO4S/c1-13(2)26-11-16-15-6-4-5-7-19(15)27-20(16)21(24)23-18-10-14(12-28(3)25)8-9-17(18)22/h4-10,13H,11-12H2,1-3H3,(H,23,24). The third kappa shape index (κ3) is 4.82. The van der Waals surface area contributed by atoms with Gasteiger partial charge in [-0.25, -0.2) is 0 Å². The monoisotopic (exact) mass is 419 g/mol. The number of hydrogen-bond acceptors (Lipinski definition) is 4. The molecule has 0 radical (unpaired) electrons. The summed E-state index contributed by atoms with van der Waals surface area (Å²) in [4.78, 5) is 13.0. The van der Waals surface area contributed by atoms with Gasteiger partial charge in [-0.15, -0.1) is 0 Å². The van der Waals surface area contributed by atoms with Gasteiger partial charge in [0.05, 0.1) is 23.4 Å². The summed E-state index contributed by atoms with van der Waals surface area (Å²) in [5.74, 6) is 0.177. The number of para-hydroxylation sites is 1. The number of anilines is 1. The van der Waals surface area contributed by atoms with E-state index in [1.54, 1.807) is 24.5 Å². The van der Waals surface area contributed by atoms with Crippen molar-refractivity contribution >= 4 is 45.0 Å². The highest BCUT2D eigenvalue weighted by molar-refractivity contribution is 7.83. The van der Waals surface area contributed by atoms with Crippen molar-refractivity contribution in [2.75, 3.05) is 11.6 Å². The van der Waals surface area contributed by atoms with Crippen molar-refractivity contribution in [1.29, 1.82) is 0 Å². The molecule has 0 aliphatic heterocycles. The van der Waals surface area contributed by atoms with Crippen molar-refractivity contribution < 1.29 is 18.2 Å². The molecule has 0 bridgehead atoms. The van der Waals surface area contributed by atoms with Gasteiger partial charge in [0.1, 0.15) is 5.58 Å². The predicted molar refractivity (Wildman–Crippen MR) is 113 cm³/mol. The molecule has 7 heteroatoms. The number of fused-ring (bicyclic) bond motifs is 1. The molecule has 2 aromatic carbocycles. The summed E-state index contributed by atoms with van der Waals surface area (Å²) in [5, 5.41) is 4.05. The summed E-state index contributed by atoms with van der Waals surface area (Å²) in [5.41, 5.74) is 2.60. The Morgan fingerprint density at radius 1 is 1.25 bits per heavy atom.